The Balaban J connectivity index is 1.39. The Hall–Kier alpha value is -2.09. The van der Waals surface area contributed by atoms with Gasteiger partial charge >= 0.3 is 6.01 Å². The van der Waals surface area contributed by atoms with Gasteiger partial charge in [-0.3, -0.25) is 0 Å². The molecule has 0 spiro atoms. The van der Waals surface area contributed by atoms with E-state index >= 15 is 0 Å². The van der Waals surface area contributed by atoms with Crippen LogP contribution in [0.5, 0.6) is 5.75 Å². The maximum Gasteiger partial charge on any atom is 0.324 e. The van der Waals surface area contributed by atoms with E-state index in [0.29, 0.717) is 23.4 Å². The van der Waals surface area contributed by atoms with Gasteiger partial charge in [0.05, 0.1) is 11.5 Å². The van der Waals surface area contributed by atoms with Gasteiger partial charge in [-0.25, -0.2) is 8.42 Å². The third-order valence-corrected chi connectivity index (χ3v) is 6.66. The van der Waals surface area contributed by atoms with Gasteiger partial charge in [0.25, 0.3) is 0 Å². The summed E-state index contributed by atoms with van der Waals surface area (Å²) in [4.78, 5) is 7.02. The van der Waals surface area contributed by atoms with Crippen molar-refractivity contribution in [3.63, 3.8) is 0 Å². The molecular weight excluding hydrogens is 390 g/mol. The lowest BCUT2D eigenvalue weighted by Crippen LogP contribution is -2.34. The third-order valence-electron chi connectivity index (χ3n) is 5.40. The van der Waals surface area contributed by atoms with Gasteiger partial charge in [-0.15, -0.1) is 0 Å². The summed E-state index contributed by atoms with van der Waals surface area (Å²) < 4.78 is 34.6. The van der Waals surface area contributed by atoms with Crippen LogP contribution in [0, 0.1) is 12.8 Å². The fraction of sp³-hybridized carbons (Fsp3) is 0.619. The number of nitrogens with zero attached hydrogens (tertiary/aromatic N) is 3. The standard InChI is InChI=1S/C21H31N3O4S/c1-15(2)20-22-21(28-23-20)24-11-9-17(10-12-24)6-5-13-27-18-7-8-19(16(3)14-18)29(4,25)26/h7-8,14-15,17H,5-6,9-13H2,1-4H3. The zero-order chi connectivity index (χ0) is 21.0. The van der Waals surface area contributed by atoms with Crippen LogP contribution in [0.2, 0.25) is 0 Å². The molecule has 1 aliphatic rings. The van der Waals surface area contributed by atoms with Crippen molar-refractivity contribution < 1.29 is 17.7 Å². The van der Waals surface area contributed by atoms with E-state index in [1.165, 1.54) is 6.26 Å². The summed E-state index contributed by atoms with van der Waals surface area (Å²) in [5, 5.41) is 4.05. The molecule has 1 fully saturated rings. The van der Waals surface area contributed by atoms with Crippen molar-refractivity contribution in [2.24, 2.45) is 5.92 Å². The van der Waals surface area contributed by atoms with Crippen molar-refractivity contribution in [2.75, 3.05) is 30.9 Å². The zero-order valence-corrected chi connectivity index (χ0v) is 18.5. The monoisotopic (exact) mass is 421 g/mol. The lowest BCUT2D eigenvalue weighted by molar-refractivity contribution is 0.276. The molecule has 0 unspecified atom stereocenters. The minimum Gasteiger partial charge on any atom is -0.494 e. The topological polar surface area (TPSA) is 85.5 Å². The molecule has 2 heterocycles. The molecule has 160 valence electrons. The minimum absolute atomic E-state index is 0.274. The molecule has 0 saturated carbocycles. The molecule has 0 N–H and O–H groups in total. The second kappa shape index (κ2) is 9.15. The van der Waals surface area contributed by atoms with E-state index in [9.17, 15) is 8.42 Å². The van der Waals surface area contributed by atoms with Gasteiger partial charge in [0.2, 0.25) is 0 Å². The molecule has 0 bridgehead atoms. The van der Waals surface area contributed by atoms with Crippen LogP contribution in [0.25, 0.3) is 0 Å². The zero-order valence-electron chi connectivity index (χ0n) is 17.7. The summed E-state index contributed by atoms with van der Waals surface area (Å²) in [6, 6.07) is 5.80. The van der Waals surface area contributed by atoms with Crippen LogP contribution < -0.4 is 9.64 Å². The molecule has 8 heteroatoms. The van der Waals surface area contributed by atoms with Crippen LogP contribution in [0.15, 0.2) is 27.6 Å². The molecule has 7 nitrogen and oxygen atoms in total. The number of sulfone groups is 1. The number of benzene rings is 1. The van der Waals surface area contributed by atoms with Crippen LogP contribution in [-0.4, -0.2) is 44.5 Å². The molecule has 1 saturated heterocycles. The molecule has 3 rings (SSSR count). The molecular formula is C21H31N3O4S. The molecule has 1 aromatic heterocycles. The minimum atomic E-state index is -3.19. The molecule has 1 aliphatic heterocycles. The van der Waals surface area contributed by atoms with Gasteiger partial charge in [0, 0.05) is 25.3 Å². The van der Waals surface area contributed by atoms with E-state index in [1.54, 1.807) is 25.1 Å². The van der Waals surface area contributed by atoms with E-state index in [-0.39, 0.29) is 5.92 Å². The summed E-state index contributed by atoms with van der Waals surface area (Å²) in [5.74, 6) is 2.44. The molecule has 2 aromatic rings. The Morgan fingerprint density at radius 3 is 2.59 bits per heavy atom. The molecule has 0 radical (unpaired) electrons. The Bertz CT molecular complexity index is 916. The number of aryl methyl sites for hydroxylation is 1. The number of anilines is 1. The molecule has 29 heavy (non-hydrogen) atoms. The van der Waals surface area contributed by atoms with E-state index < -0.39 is 9.84 Å². The van der Waals surface area contributed by atoms with Gasteiger partial charge < -0.3 is 14.2 Å². The quantitative estimate of drug-likeness (QED) is 0.596. The second-order valence-electron chi connectivity index (χ2n) is 8.21. The smallest absolute Gasteiger partial charge is 0.324 e. The SMILES string of the molecule is Cc1cc(OCCCC2CCN(c3nc(C(C)C)no3)CC2)ccc1S(C)(=O)=O. The molecule has 0 atom stereocenters. The Labute approximate surface area is 173 Å². The lowest BCUT2D eigenvalue weighted by Gasteiger charge is -2.30. The predicted molar refractivity (Wildman–Crippen MR) is 112 cm³/mol. The van der Waals surface area contributed by atoms with Gasteiger partial charge in [-0.1, -0.05) is 19.0 Å². The van der Waals surface area contributed by atoms with Crippen molar-refractivity contribution in [2.45, 2.75) is 57.3 Å². The maximum absolute atomic E-state index is 11.7. The first-order valence-corrected chi connectivity index (χ1v) is 12.1. The number of piperidine rings is 1. The first-order valence-electron chi connectivity index (χ1n) is 10.3. The highest BCUT2D eigenvalue weighted by Gasteiger charge is 2.23. The fourth-order valence-electron chi connectivity index (χ4n) is 3.69. The van der Waals surface area contributed by atoms with E-state index in [0.717, 1.165) is 55.9 Å². The van der Waals surface area contributed by atoms with Gasteiger partial charge in [-0.05, 0) is 62.3 Å². The van der Waals surface area contributed by atoms with Crippen molar-refractivity contribution in [3.05, 3.63) is 29.6 Å². The number of rotatable bonds is 8. The number of ether oxygens (including phenoxy) is 1. The van der Waals surface area contributed by atoms with Crippen molar-refractivity contribution >= 4 is 15.9 Å². The van der Waals surface area contributed by atoms with Crippen LogP contribution in [0.4, 0.5) is 6.01 Å². The first kappa shape index (κ1) is 21.6. The van der Waals surface area contributed by atoms with Crippen LogP contribution in [-0.2, 0) is 9.84 Å². The average Bonchev–Trinajstić information content (AvgIpc) is 3.15. The van der Waals surface area contributed by atoms with Crippen molar-refractivity contribution in [1.82, 2.24) is 10.1 Å². The highest BCUT2D eigenvalue weighted by molar-refractivity contribution is 7.90. The number of aromatic nitrogens is 2. The summed E-state index contributed by atoms with van der Waals surface area (Å²) in [5.41, 5.74) is 0.721. The van der Waals surface area contributed by atoms with E-state index in [1.807, 2.05) is 0 Å². The Morgan fingerprint density at radius 2 is 2.00 bits per heavy atom. The normalized spacial score (nSPS) is 15.8. The Kier molecular flexibility index (Phi) is 6.82. The van der Waals surface area contributed by atoms with Crippen LogP contribution >= 0.6 is 0 Å². The first-order chi connectivity index (χ1) is 13.7. The van der Waals surface area contributed by atoms with E-state index in [2.05, 4.69) is 28.9 Å². The Morgan fingerprint density at radius 1 is 1.28 bits per heavy atom. The average molecular weight is 422 g/mol. The van der Waals surface area contributed by atoms with Crippen molar-refractivity contribution in [1.29, 1.82) is 0 Å². The largest absolute Gasteiger partial charge is 0.494 e. The van der Waals surface area contributed by atoms with Gasteiger partial charge in [0.1, 0.15) is 5.75 Å². The summed E-state index contributed by atoms with van der Waals surface area (Å²) in [7, 11) is -3.19. The number of hydrogen-bond donors (Lipinski definition) is 0. The predicted octanol–water partition coefficient (Wildman–Crippen LogP) is 3.98. The van der Waals surface area contributed by atoms with Crippen molar-refractivity contribution in [3.8, 4) is 5.75 Å². The third kappa shape index (κ3) is 5.72. The number of hydrogen-bond acceptors (Lipinski definition) is 7. The maximum atomic E-state index is 11.7. The van der Waals surface area contributed by atoms with E-state index in [4.69, 9.17) is 9.26 Å². The lowest BCUT2D eigenvalue weighted by atomic mass is 9.92. The summed E-state index contributed by atoms with van der Waals surface area (Å²) in [6.45, 7) is 8.44. The summed E-state index contributed by atoms with van der Waals surface area (Å²) >= 11 is 0. The van der Waals surface area contributed by atoms with Gasteiger partial charge in [-0.2, -0.15) is 4.98 Å². The molecule has 0 aliphatic carbocycles. The fourth-order valence-corrected chi connectivity index (χ4v) is 4.65. The van der Waals surface area contributed by atoms with Gasteiger partial charge in [0.15, 0.2) is 15.7 Å². The highest BCUT2D eigenvalue weighted by Crippen LogP contribution is 2.26. The summed E-state index contributed by atoms with van der Waals surface area (Å²) in [6.07, 6.45) is 5.55. The molecule has 1 aromatic carbocycles. The highest BCUT2D eigenvalue weighted by atomic mass is 32.2. The molecule has 0 amide bonds. The van der Waals surface area contributed by atoms with Crippen LogP contribution in [0.3, 0.4) is 0 Å². The second-order valence-corrected chi connectivity index (χ2v) is 10.2. The van der Waals surface area contributed by atoms with Crippen LogP contribution in [0.1, 0.15) is 56.8 Å².